The molecule has 3 N–H and O–H groups in total. The van der Waals surface area contributed by atoms with Crippen molar-refractivity contribution in [3.63, 3.8) is 0 Å². The molecule has 0 saturated carbocycles. The third kappa shape index (κ3) is 5.34. The number of fused-ring (bicyclic) bond motifs is 1. The zero-order valence-corrected chi connectivity index (χ0v) is 21.7. The SMILES string of the molecule is Cc1c(OCc2ccccc2)c(N)c(C)c(C(OC(C)(C)C)C(=O)O)c1-c1ccc2c(c1)CCCO2. The molecular formula is C30H35NO5. The topological polar surface area (TPSA) is 91.0 Å². The Balaban J connectivity index is 1.92. The van der Waals surface area contributed by atoms with Crippen molar-refractivity contribution < 1.29 is 24.1 Å². The molecule has 3 aromatic rings. The number of benzene rings is 3. The van der Waals surface area contributed by atoms with Gasteiger partial charge in [-0.1, -0.05) is 36.4 Å². The minimum Gasteiger partial charge on any atom is -0.493 e. The second-order valence-corrected chi connectivity index (χ2v) is 10.3. The number of anilines is 1. The van der Waals surface area contributed by atoms with Crippen molar-refractivity contribution in [1.29, 1.82) is 0 Å². The van der Waals surface area contributed by atoms with Gasteiger partial charge in [-0.3, -0.25) is 0 Å². The average Bonchev–Trinajstić information content (AvgIpc) is 2.84. The van der Waals surface area contributed by atoms with Gasteiger partial charge in [-0.2, -0.15) is 0 Å². The molecule has 4 rings (SSSR count). The van der Waals surface area contributed by atoms with E-state index in [9.17, 15) is 9.90 Å². The van der Waals surface area contributed by atoms with Crippen LogP contribution in [0.4, 0.5) is 5.69 Å². The standard InChI is InChI=1S/C30H35NO5/c1-18-25(28(29(32)33)36-30(3,4)5)24(22-13-14-23-21(16-22)12-9-15-34-23)19(2)27(26(18)31)35-17-20-10-7-6-8-11-20/h6-8,10-11,13-14,16,28H,9,12,15,17,31H2,1-5H3,(H,32,33). The molecule has 6 nitrogen and oxygen atoms in total. The van der Waals surface area contributed by atoms with Crippen molar-refractivity contribution >= 4 is 11.7 Å². The number of rotatable bonds is 7. The van der Waals surface area contributed by atoms with Crippen molar-refractivity contribution in [3.05, 3.63) is 76.3 Å². The highest BCUT2D eigenvalue weighted by molar-refractivity contribution is 5.87. The van der Waals surface area contributed by atoms with Crippen LogP contribution in [0, 0.1) is 13.8 Å². The fraction of sp³-hybridized carbons (Fsp3) is 0.367. The Morgan fingerprint density at radius 3 is 2.50 bits per heavy atom. The number of ether oxygens (including phenoxy) is 3. The zero-order valence-electron chi connectivity index (χ0n) is 21.7. The van der Waals surface area contributed by atoms with E-state index in [2.05, 4.69) is 6.07 Å². The molecule has 0 amide bonds. The van der Waals surface area contributed by atoms with E-state index in [1.165, 1.54) is 0 Å². The largest absolute Gasteiger partial charge is 0.493 e. The van der Waals surface area contributed by atoms with Gasteiger partial charge in [0.05, 0.1) is 17.9 Å². The van der Waals surface area contributed by atoms with Crippen LogP contribution in [0.5, 0.6) is 11.5 Å². The van der Waals surface area contributed by atoms with Gasteiger partial charge >= 0.3 is 5.97 Å². The molecular weight excluding hydrogens is 454 g/mol. The summed E-state index contributed by atoms with van der Waals surface area (Å²) in [4.78, 5) is 12.5. The molecule has 0 aliphatic carbocycles. The number of nitrogen functional groups attached to an aromatic ring is 1. The van der Waals surface area contributed by atoms with E-state index in [0.29, 0.717) is 35.8 Å². The number of aliphatic carboxylic acids is 1. The Kier molecular flexibility index (Phi) is 7.27. The molecule has 190 valence electrons. The van der Waals surface area contributed by atoms with Crippen LogP contribution in [-0.2, 0) is 22.6 Å². The molecule has 1 heterocycles. The Morgan fingerprint density at radius 2 is 1.83 bits per heavy atom. The number of hydrogen-bond donors (Lipinski definition) is 2. The van der Waals surface area contributed by atoms with E-state index in [4.69, 9.17) is 19.9 Å². The maximum atomic E-state index is 12.5. The normalized spacial score (nSPS) is 14.0. The monoisotopic (exact) mass is 489 g/mol. The van der Waals surface area contributed by atoms with E-state index < -0.39 is 17.7 Å². The smallest absolute Gasteiger partial charge is 0.337 e. The van der Waals surface area contributed by atoms with Gasteiger partial charge in [0.25, 0.3) is 0 Å². The molecule has 1 aliphatic heterocycles. The zero-order chi connectivity index (χ0) is 26.0. The minimum absolute atomic E-state index is 0.350. The number of carbonyl (C=O) groups is 1. The minimum atomic E-state index is -1.20. The quantitative estimate of drug-likeness (QED) is 0.373. The maximum absolute atomic E-state index is 12.5. The molecule has 0 radical (unpaired) electrons. The number of aryl methyl sites for hydroxylation is 1. The van der Waals surface area contributed by atoms with Crippen LogP contribution in [0.2, 0.25) is 0 Å². The van der Waals surface area contributed by atoms with Crippen LogP contribution in [0.1, 0.15) is 61.1 Å². The Hall–Kier alpha value is -3.51. The van der Waals surface area contributed by atoms with Gasteiger partial charge in [0.15, 0.2) is 6.10 Å². The summed E-state index contributed by atoms with van der Waals surface area (Å²) in [5.41, 5.74) is 12.1. The van der Waals surface area contributed by atoms with E-state index in [0.717, 1.165) is 46.4 Å². The number of nitrogens with two attached hydrogens (primary N) is 1. The highest BCUT2D eigenvalue weighted by Crippen LogP contribution is 2.46. The van der Waals surface area contributed by atoms with Crippen LogP contribution in [-0.4, -0.2) is 23.3 Å². The van der Waals surface area contributed by atoms with Gasteiger partial charge < -0.3 is 25.1 Å². The van der Waals surface area contributed by atoms with Crippen LogP contribution in [0.15, 0.2) is 48.5 Å². The van der Waals surface area contributed by atoms with Crippen LogP contribution in [0.25, 0.3) is 11.1 Å². The first-order valence-corrected chi connectivity index (χ1v) is 12.3. The second-order valence-electron chi connectivity index (χ2n) is 10.3. The first-order valence-electron chi connectivity index (χ1n) is 12.3. The molecule has 0 fully saturated rings. The summed E-state index contributed by atoms with van der Waals surface area (Å²) in [6.45, 7) is 10.4. The van der Waals surface area contributed by atoms with Gasteiger partial charge in [-0.15, -0.1) is 0 Å². The van der Waals surface area contributed by atoms with Crippen molar-refractivity contribution in [2.24, 2.45) is 0 Å². The first kappa shape index (κ1) is 25.6. The van der Waals surface area contributed by atoms with Gasteiger partial charge in [0.1, 0.15) is 18.1 Å². The van der Waals surface area contributed by atoms with Crippen LogP contribution >= 0.6 is 0 Å². The second kappa shape index (κ2) is 10.2. The third-order valence-corrected chi connectivity index (χ3v) is 6.42. The predicted molar refractivity (Wildman–Crippen MR) is 142 cm³/mol. The molecule has 0 aromatic heterocycles. The molecule has 1 unspecified atom stereocenters. The number of carboxylic acid groups (broad SMARTS) is 1. The lowest BCUT2D eigenvalue weighted by atomic mass is 9.85. The number of hydrogen-bond acceptors (Lipinski definition) is 5. The van der Waals surface area contributed by atoms with E-state index in [-0.39, 0.29) is 0 Å². The lowest BCUT2D eigenvalue weighted by Gasteiger charge is -2.30. The molecule has 1 aliphatic rings. The Bertz CT molecular complexity index is 1260. The molecule has 0 bridgehead atoms. The van der Waals surface area contributed by atoms with E-state index >= 15 is 0 Å². The van der Waals surface area contributed by atoms with Crippen molar-refractivity contribution in [3.8, 4) is 22.6 Å². The lowest BCUT2D eigenvalue weighted by molar-refractivity contribution is -0.160. The summed E-state index contributed by atoms with van der Waals surface area (Å²) < 4.78 is 18.2. The van der Waals surface area contributed by atoms with Gasteiger partial charge in [0.2, 0.25) is 0 Å². The summed E-state index contributed by atoms with van der Waals surface area (Å²) >= 11 is 0. The fourth-order valence-electron chi connectivity index (χ4n) is 4.74. The summed E-state index contributed by atoms with van der Waals surface area (Å²) in [7, 11) is 0. The fourth-order valence-corrected chi connectivity index (χ4v) is 4.74. The van der Waals surface area contributed by atoms with Gasteiger partial charge in [-0.25, -0.2) is 4.79 Å². The highest BCUT2D eigenvalue weighted by atomic mass is 16.5. The molecule has 36 heavy (non-hydrogen) atoms. The van der Waals surface area contributed by atoms with E-state index in [1.54, 1.807) is 0 Å². The summed E-state index contributed by atoms with van der Waals surface area (Å²) in [6.07, 6.45) is 0.653. The Morgan fingerprint density at radius 1 is 1.11 bits per heavy atom. The molecule has 0 saturated heterocycles. The Labute approximate surface area is 213 Å². The maximum Gasteiger partial charge on any atom is 0.337 e. The summed E-state index contributed by atoms with van der Waals surface area (Å²) in [6, 6.07) is 15.9. The number of carboxylic acids is 1. The predicted octanol–water partition coefficient (Wildman–Crippen LogP) is 6.40. The van der Waals surface area contributed by atoms with Crippen molar-refractivity contribution in [2.45, 2.75) is 65.8 Å². The van der Waals surface area contributed by atoms with Crippen LogP contribution in [0.3, 0.4) is 0 Å². The van der Waals surface area contributed by atoms with Crippen molar-refractivity contribution in [1.82, 2.24) is 0 Å². The average molecular weight is 490 g/mol. The molecule has 0 spiro atoms. The molecule has 6 heteroatoms. The molecule has 1 atom stereocenters. The summed E-state index contributed by atoms with van der Waals surface area (Å²) in [5.74, 6) is 0.369. The van der Waals surface area contributed by atoms with Gasteiger partial charge in [-0.05, 0) is 87.4 Å². The lowest BCUT2D eigenvalue weighted by Crippen LogP contribution is -2.28. The molecule has 3 aromatic carbocycles. The van der Waals surface area contributed by atoms with Crippen LogP contribution < -0.4 is 15.2 Å². The first-order chi connectivity index (χ1) is 17.1. The third-order valence-electron chi connectivity index (χ3n) is 6.42. The van der Waals surface area contributed by atoms with Gasteiger partial charge in [0, 0.05) is 11.1 Å². The van der Waals surface area contributed by atoms with E-state index in [1.807, 2.05) is 77.1 Å². The van der Waals surface area contributed by atoms with Crippen molar-refractivity contribution in [2.75, 3.05) is 12.3 Å². The highest BCUT2D eigenvalue weighted by Gasteiger charge is 2.34. The summed E-state index contributed by atoms with van der Waals surface area (Å²) in [5, 5.41) is 10.3.